The third-order valence-electron chi connectivity index (χ3n) is 3.89. The average molecular weight is 342 g/mol. The van der Waals surface area contributed by atoms with Gasteiger partial charge >= 0.3 is 0 Å². The highest BCUT2D eigenvalue weighted by Crippen LogP contribution is 2.21. The normalized spacial score (nSPS) is 11.8. The van der Waals surface area contributed by atoms with E-state index in [-0.39, 0.29) is 42.6 Å². The van der Waals surface area contributed by atoms with Crippen LogP contribution < -0.4 is 10.6 Å². The SMILES string of the molecule is CC(C)[C@@H](NC(=O)CCNC(=O)c1ccccc1)c1ccc(F)cc1. The third kappa shape index (κ3) is 5.71. The maximum absolute atomic E-state index is 13.1. The zero-order chi connectivity index (χ0) is 18.2. The maximum Gasteiger partial charge on any atom is 0.251 e. The molecule has 0 radical (unpaired) electrons. The van der Waals surface area contributed by atoms with Crippen molar-refractivity contribution in [3.63, 3.8) is 0 Å². The summed E-state index contributed by atoms with van der Waals surface area (Å²) in [6, 6.07) is 14.8. The lowest BCUT2D eigenvalue weighted by Crippen LogP contribution is -2.34. The topological polar surface area (TPSA) is 58.2 Å². The van der Waals surface area contributed by atoms with Crippen molar-refractivity contribution >= 4 is 11.8 Å². The zero-order valence-corrected chi connectivity index (χ0v) is 14.5. The number of hydrogen-bond donors (Lipinski definition) is 2. The number of hydrogen-bond acceptors (Lipinski definition) is 2. The van der Waals surface area contributed by atoms with Gasteiger partial charge in [-0.3, -0.25) is 9.59 Å². The van der Waals surface area contributed by atoms with Gasteiger partial charge in [-0.15, -0.1) is 0 Å². The molecule has 0 saturated heterocycles. The van der Waals surface area contributed by atoms with E-state index in [0.29, 0.717) is 5.56 Å². The minimum atomic E-state index is -0.304. The lowest BCUT2D eigenvalue weighted by molar-refractivity contribution is -0.122. The molecule has 0 aromatic heterocycles. The lowest BCUT2D eigenvalue weighted by atomic mass is 9.96. The molecule has 0 fully saturated rings. The minimum Gasteiger partial charge on any atom is -0.352 e. The quantitative estimate of drug-likeness (QED) is 0.809. The molecule has 2 aromatic rings. The van der Waals surface area contributed by atoms with Crippen molar-refractivity contribution in [2.75, 3.05) is 6.54 Å². The van der Waals surface area contributed by atoms with Crippen LogP contribution >= 0.6 is 0 Å². The number of carbonyl (C=O) groups is 2. The van der Waals surface area contributed by atoms with Crippen LogP contribution in [0.1, 0.15) is 42.2 Å². The third-order valence-corrected chi connectivity index (χ3v) is 3.89. The summed E-state index contributed by atoms with van der Waals surface area (Å²) < 4.78 is 13.1. The Morgan fingerprint density at radius 3 is 2.24 bits per heavy atom. The van der Waals surface area contributed by atoms with Crippen LogP contribution in [0.3, 0.4) is 0 Å². The van der Waals surface area contributed by atoms with E-state index >= 15 is 0 Å². The predicted octanol–water partition coefficient (Wildman–Crippen LogP) is 3.46. The van der Waals surface area contributed by atoms with E-state index in [0.717, 1.165) is 5.56 Å². The minimum absolute atomic E-state index is 0.156. The predicted molar refractivity (Wildman–Crippen MR) is 95.5 cm³/mol. The van der Waals surface area contributed by atoms with Gasteiger partial charge in [0.1, 0.15) is 5.82 Å². The Hall–Kier alpha value is -2.69. The summed E-state index contributed by atoms with van der Waals surface area (Å²) in [6.45, 7) is 4.24. The fraction of sp³-hybridized carbons (Fsp3) is 0.300. The number of nitrogens with one attached hydrogen (secondary N) is 2. The largest absolute Gasteiger partial charge is 0.352 e. The monoisotopic (exact) mass is 342 g/mol. The van der Waals surface area contributed by atoms with Crippen LogP contribution in [-0.4, -0.2) is 18.4 Å². The molecule has 1 atom stereocenters. The zero-order valence-electron chi connectivity index (χ0n) is 14.5. The van der Waals surface area contributed by atoms with Crippen LogP contribution in [0.15, 0.2) is 54.6 Å². The smallest absolute Gasteiger partial charge is 0.251 e. The van der Waals surface area contributed by atoms with Crippen molar-refractivity contribution in [1.29, 1.82) is 0 Å². The fourth-order valence-electron chi connectivity index (χ4n) is 2.53. The molecule has 0 aliphatic rings. The molecule has 2 N–H and O–H groups in total. The molecule has 4 nitrogen and oxygen atoms in total. The van der Waals surface area contributed by atoms with E-state index in [1.807, 2.05) is 19.9 Å². The summed E-state index contributed by atoms with van der Waals surface area (Å²) >= 11 is 0. The molecule has 0 unspecified atom stereocenters. The Labute approximate surface area is 147 Å². The molecule has 5 heteroatoms. The van der Waals surface area contributed by atoms with Gasteiger partial charge < -0.3 is 10.6 Å². The summed E-state index contributed by atoms with van der Waals surface area (Å²) in [6.07, 6.45) is 0.184. The Kier molecular flexibility index (Phi) is 6.69. The number of carbonyl (C=O) groups excluding carboxylic acids is 2. The van der Waals surface area contributed by atoms with Crippen molar-refractivity contribution in [2.45, 2.75) is 26.3 Å². The van der Waals surface area contributed by atoms with Gasteiger partial charge in [-0.1, -0.05) is 44.2 Å². The molecule has 25 heavy (non-hydrogen) atoms. The van der Waals surface area contributed by atoms with Crippen LogP contribution in [0, 0.1) is 11.7 Å². The average Bonchev–Trinajstić information content (AvgIpc) is 2.61. The molecule has 0 heterocycles. The van der Waals surface area contributed by atoms with E-state index in [1.165, 1.54) is 12.1 Å². The van der Waals surface area contributed by atoms with Crippen LogP contribution in [0.2, 0.25) is 0 Å². The second-order valence-electron chi connectivity index (χ2n) is 6.21. The number of amides is 2. The first-order valence-electron chi connectivity index (χ1n) is 8.35. The molecule has 0 bridgehead atoms. The highest BCUT2D eigenvalue weighted by atomic mass is 19.1. The first-order chi connectivity index (χ1) is 12.0. The van der Waals surface area contributed by atoms with Crippen molar-refractivity contribution in [3.05, 3.63) is 71.5 Å². The second-order valence-corrected chi connectivity index (χ2v) is 6.21. The summed E-state index contributed by atoms with van der Waals surface area (Å²) in [4.78, 5) is 24.1. The van der Waals surface area contributed by atoms with Gasteiger partial charge in [-0.25, -0.2) is 4.39 Å². The number of halogens is 1. The standard InChI is InChI=1S/C20H23FN2O2/c1-14(2)19(15-8-10-17(21)11-9-15)23-18(24)12-13-22-20(25)16-6-4-3-5-7-16/h3-11,14,19H,12-13H2,1-2H3,(H,22,25)(H,23,24)/t19-/m1/s1. The molecule has 2 rings (SSSR count). The van der Waals surface area contributed by atoms with Gasteiger partial charge in [-0.05, 0) is 35.7 Å². The maximum atomic E-state index is 13.1. The first kappa shape index (κ1) is 18.6. The summed E-state index contributed by atoms with van der Waals surface area (Å²) in [5, 5.41) is 5.68. The summed E-state index contributed by atoms with van der Waals surface area (Å²) in [5.74, 6) is -0.502. The first-order valence-corrected chi connectivity index (χ1v) is 8.35. The van der Waals surface area contributed by atoms with E-state index in [1.54, 1.807) is 36.4 Å². The number of benzene rings is 2. The van der Waals surface area contributed by atoms with Gasteiger partial charge in [-0.2, -0.15) is 0 Å². The van der Waals surface area contributed by atoms with E-state index in [2.05, 4.69) is 10.6 Å². The van der Waals surface area contributed by atoms with E-state index < -0.39 is 0 Å². The second kappa shape index (κ2) is 8.97. The Morgan fingerprint density at radius 1 is 1.00 bits per heavy atom. The van der Waals surface area contributed by atoms with Gasteiger partial charge in [0.2, 0.25) is 5.91 Å². The molecule has 2 amide bonds. The van der Waals surface area contributed by atoms with Crippen LogP contribution in [0.25, 0.3) is 0 Å². The van der Waals surface area contributed by atoms with Crippen LogP contribution in [-0.2, 0) is 4.79 Å². The molecule has 132 valence electrons. The van der Waals surface area contributed by atoms with Gasteiger partial charge in [0.15, 0.2) is 0 Å². The van der Waals surface area contributed by atoms with Crippen molar-refractivity contribution in [3.8, 4) is 0 Å². The van der Waals surface area contributed by atoms with E-state index in [4.69, 9.17) is 0 Å². The fourth-order valence-corrected chi connectivity index (χ4v) is 2.53. The van der Waals surface area contributed by atoms with Crippen LogP contribution in [0.4, 0.5) is 4.39 Å². The van der Waals surface area contributed by atoms with Gasteiger partial charge in [0, 0.05) is 18.5 Å². The molecule has 2 aromatic carbocycles. The Morgan fingerprint density at radius 2 is 1.64 bits per heavy atom. The van der Waals surface area contributed by atoms with Crippen molar-refractivity contribution in [2.24, 2.45) is 5.92 Å². The van der Waals surface area contributed by atoms with Crippen LogP contribution in [0.5, 0.6) is 0 Å². The van der Waals surface area contributed by atoms with Gasteiger partial charge in [0.25, 0.3) is 5.91 Å². The highest BCUT2D eigenvalue weighted by Gasteiger charge is 2.18. The molecule has 0 aliphatic carbocycles. The Bertz CT molecular complexity index is 699. The Balaban J connectivity index is 1.85. The molecule has 0 aliphatic heterocycles. The van der Waals surface area contributed by atoms with Crippen molar-refractivity contribution < 1.29 is 14.0 Å². The molecule has 0 spiro atoms. The molecule has 0 saturated carbocycles. The summed E-state index contributed by atoms with van der Waals surface area (Å²) in [7, 11) is 0. The van der Waals surface area contributed by atoms with E-state index in [9.17, 15) is 14.0 Å². The number of rotatable bonds is 7. The molecular weight excluding hydrogens is 319 g/mol. The molecular formula is C20H23FN2O2. The summed E-state index contributed by atoms with van der Waals surface area (Å²) in [5.41, 5.74) is 1.42. The highest BCUT2D eigenvalue weighted by molar-refractivity contribution is 5.94. The van der Waals surface area contributed by atoms with Gasteiger partial charge in [0.05, 0.1) is 6.04 Å². The van der Waals surface area contributed by atoms with Crippen molar-refractivity contribution in [1.82, 2.24) is 10.6 Å². The lowest BCUT2D eigenvalue weighted by Gasteiger charge is -2.23.